The molecule has 1 rings (SSSR count). The summed E-state index contributed by atoms with van der Waals surface area (Å²) in [6, 6.07) is 9.19. The fourth-order valence-electron chi connectivity index (χ4n) is 1.59. The first-order chi connectivity index (χ1) is 9.12. The SMILES string of the molecule is NCCCCC(N)([C]=O)C(=O)OCc1ccccc1. The van der Waals surface area contributed by atoms with Gasteiger partial charge >= 0.3 is 5.97 Å². The summed E-state index contributed by atoms with van der Waals surface area (Å²) < 4.78 is 5.06. The van der Waals surface area contributed by atoms with E-state index in [0.717, 1.165) is 5.56 Å². The normalized spacial score (nSPS) is 13.6. The molecule has 0 bridgehead atoms. The van der Waals surface area contributed by atoms with Gasteiger partial charge in [0.2, 0.25) is 6.29 Å². The lowest BCUT2D eigenvalue weighted by atomic mass is 9.95. The number of hydrogen-bond donors (Lipinski definition) is 2. The predicted octanol–water partition coefficient (Wildman–Crippen LogP) is 0.666. The lowest BCUT2D eigenvalue weighted by Crippen LogP contribution is -2.50. The van der Waals surface area contributed by atoms with Crippen LogP contribution in [-0.2, 0) is 20.9 Å². The molecule has 1 aromatic carbocycles. The Kier molecular flexibility index (Phi) is 6.18. The fourth-order valence-corrected chi connectivity index (χ4v) is 1.59. The molecular formula is C14H19N2O3. The van der Waals surface area contributed by atoms with Crippen molar-refractivity contribution in [2.45, 2.75) is 31.4 Å². The minimum Gasteiger partial charge on any atom is -0.459 e. The van der Waals surface area contributed by atoms with Crippen LogP contribution in [-0.4, -0.2) is 24.3 Å². The van der Waals surface area contributed by atoms with E-state index in [-0.39, 0.29) is 13.0 Å². The Hall–Kier alpha value is -1.72. The molecule has 0 fully saturated rings. The molecule has 0 aliphatic carbocycles. The van der Waals surface area contributed by atoms with Crippen LogP contribution in [0, 0.1) is 0 Å². The van der Waals surface area contributed by atoms with Crippen molar-refractivity contribution < 1.29 is 14.3 Å². The highest BCUT2D eigenvalue weighted by Gasteiger charge is 2.36. The van der Waals surface area contributed by atoms with Crippen LogP contribution in [0.15, 0.2) is 30.3 Å². The molecule has 0 aliphatic heterocycles. The van der Waals surface area contributed by atoms with Gasteiger partial charge in [-0.3, -0.25) is 4.79 Å². The lowest BCUT2D eigenvalue weighted by molar-refractivity contribution is -0.149. The second-order valence-corrected chi connectivity index (χ2v) is 4.38. The zero-order chi connectivity index (χ0) is 14.1. The molecule has 19 heavy (non-hydrogen) atoms. The molecule has 0 amide bonds. The van der Waals surface area contributed by atoms with Crippen LogP contribution in [0.2, 0.25) is 0 Å². The highest BCUT2D eigenvalue weighted by molar-refractivity contribution is 5.98. The van der Waals surface area contributed by atoms with Crippen LogP contribution in [0.4, 0.5) is 0 Å². The summed E-state index contributed by atoms with van der Waals surface area (Å²) in [6.45, 7) is 0.588. The molecular weight excluding hydrogens is 244 g/mol. The summed E-state index contributed by atoms with van der Waals surface area (Å²) >= 11 is 0. The van der Waals surface area contributed by atoms with Gasteiger partial charge in [-0.1, -0.05) is 30.3 Å². The van der Waals surface area contributed by atoms with Gasteiger partial charge < -0.3 is 16.2 Å². The minimum absolute atomic E-state index is 0.0944. The monoisotopic (exact) mass is 263 g/mol. The van der Waals surface area contributed by atoms with Gasteiger partial charge in [0.15, 0.2) is 5.54 Å². The maximum Gasteiger partial charge on any atom is 0.334 e. The smallest absolute Gasteiger partial charge is 0.334 e. The maximum absolute atomic E-state index is 11.8. The van der Waals surface area contributed by atoms with Crippen molar-refractivity contribution >= 4 is 12.3 Å². The Bertz CT molecular complexity index is 408. The first-order valence-electron chi connectivity index (χ1n) is 6.22. The van der Waals surface area contributed by atoms with E-state index in [1.165, 1.54) is 0 Å². The first-order valence-corrected chi connectivity index (χ1v) is 6.22. The third-order valence-electron chi connectivity index (χ3n) is 2.78. The molecule has 0 aliphatic rings. The molecule has 5 nitrogen and oxygen atoms in total. The number of carbonyl (C=O) groups is 1. The minimum atomic E-state index is -1.69. The first kappa shape index (κ1) is 15.3. The Labute approximate surface area is 112 Å². The number of rotatable bonds is 8. The van der Waals surface area contributed by atoms with Gasteiger partial charge in [0.25, 0.3) is 0 Å². The molecule has 0 saturated heterocycles. The van der Waals surface area contributed by atoms with Gasteiger partial charge in [-0.15, -0.1) is 0 Å². The second-order valence-electron chi connectivity index (χ2n) is 4.38. The average molecular weight is 263 g/mol. The summed E-state index contributed by atoms with van der Waals surface area (Å²) in [5, 5.41) is 0. The number of ether oxygens (including phenoxy) is 1. The highest BCUT2D eigenvalue weighted by Crippen LogP contribution is 2.12. The number of esters is 1. The van der Waals surface area contributed by atoms with E-state index in [9.17, 15) is 9.59 Å². The van der Waals surface area contributed by atoms with E-state index >= 15 is 0 Å². The van der Waals surface area contributed by atoms with E-state index in [2.05, 4.69) is 0 Å². The van der Waals surface area contributed by atoms with Crippen molar-refractivity contribution in [1.82, 2.24) is 0 Å². The quantitative estimate of drug-likeness (QED) is 0.408. The second kappa shape index (κ2) is 7.66. The van der Waals surface area contributed by atoms with Crippen LogP contribution in [0.1, 0.15) is 24.8 Å². The average Bonchev–Trinajstić information content (AvgIpc) is 2.45. The zero-order valence-electron chi connectivity index (χ0n) is 10.8. The molecule has 1 atom stereocenters. The molecule has 0 spiro atoms. The third kappa shape index (κ3) is 4.81. The Morgan fingerprint density at radius 2 is 1.95 bits per heavy atom. The van der Waals surface area contributed by atoms with Gasteiger partial charge in [-0.05, 0) is 31.4 Å². The largest absolute Gasteiger partial charge is 0.459 e. The van der Waals surface area contributed by atoms with Crippen molar-refractivity contribution in [2.75, 3.05) is 6.54 Å². The van der Waals surface area contributed by atoms with Crippen molar-refractivity contribution in [1.29, 1.82) is 0 Å². The van der Waals surface area contributed by atoms with Crippen LogP contribution in [0.25, 0.3) is 0 Å². The highest BCUT2D eigenvalue weighted by atomic mass is 16.5. The predicted molar refractivity (Wildman–Crippen MR) is 71.8 cm³/mol. The van der Waals surface area contributed by atoms with Crippen LogP contribution in [0.3, 0.4) is 0 Å². The van der Waals surface area contributed by atoms with Crippen molar-refractivity contribution in [2.24, 2.45) is 11.5 Å². The third-order valence-corrected chi connectivity index (χ3v) is 2.78. The van der Waals surface area contributed by atoms with Crippen molar-refractivity contribution in [3.8, 4) is 0 Å². The molecule has 0 saturated carbocycles. The van der Waals surface area contributed by atoms with Gasteiger partial charge in [0.1, 0.15) is 6.61 Å². The Balaban J connectivity index is 2.51. The number of nitrogens with two attached hydrogens (primary N) is 2. The van der Waals surface area contributed by atoms with Gasteiger partial charge in [0.05, 0.1) is 0 Å². The molecule has 1 radical (unpaired) electrons. The summed E-state index contributed by atoms with van der Waals surface area (Å²) in [4.78, 5) is 22.7. The molecule has 1 aromatic rings. The summed E-state index contributed by atoms with van der Waals surface area (Å²) in [5.74, 6) is -0.747. The summed E-state index contributed by atoms with van der Waals surface area (Å²) in [7, 11) is 0. The topological polar surface area (TPSA) is 95.4 Å². The van der Waals surface area contributed by atoms with Crippen molar-refractivity contribution in [3.05, 3.63) is 35.9 Å². The summed E-state index contributed by atoms with van der Waals surface area (Å²) in [5.41, 5.74) is 10.2. The van der Waals surface area contributed by atoms with E-state index < -0.39 is 11.5 Å². The summed E-state index contributed by atoms with van der Waals surface area (Å²) in [6.07, 6.45) is 3.07. The molecule has 0 aromatic heterocycles. The standard InChI is InChI=1S/C14H19N2O3/c15-9-5-4-8-14(16,11-17)13(18)19-10-12-6-2-1-3-7-12/h1-3,6-7H,4-5,8-10,15-16H2. The van der Waals surface area contributed by atoms with Crippen LogP contribution in [0.5, 0.6) is 0 Å². The molecule has 4 N–H and O–H groups in total. The van der Waals surface area contributed by atoms with Gasteiger partial charge in [0, 0.05) is 0 Å². The maximum atomic E-state index is 11.8. The van der Waals surface area contributed by atoms with E-state index in [0.29, 0.717) is 19.4 Å². The number of carbonyl (C=O) groups excluding carboxylic acids is 2. The van der Waals surface area contributed by atoms with E-state index in [4.69, 9.17) is 16.2 Å². The molecule has 103 valence electrons. The molecule has 0 heterocycles. The van der Waals surface area contributed by atoms with Crippen molar-refractivity contribution in [3.63, 3.8) is 0 Å². The Morgan fingerprint density at radius 3 is 2.53 bits per heavy atom. The molecule has 5 heteroatoms. The van der Waals surface area contributed by atoms with E-state index in [1.54, 1.807) is 6.29 Å². The van der Waals surface area contributed by atoms with Crippen LogP contribution < -0.4 is 11.5 Å². The van der Waals surface area contributed by atoms with Gasteiger partial charge in [-0.2, -0.15) is 0 Å². The number of hydrogen-bond acceptors (Lipinski definition) is 5. The van der Waals surface area contributed by atoms with Crippen LogP contribution >= 0.6 is 0 Å². The number of benzene rings is 1. The lowest BCUT2D eigenvalue weighted by Gasteiger charge is -2.20. The molecule has 1 unspecified atom stereocenters. The fraction of sp³-hybridized carbons (Fsp3) is 0.429. The zero-order valence-corrected chi connectivity index (χ0v) is 10.8. The Morgan fingerprint density at radius 1 is 1.26 bits per heavy atom. The number of unbranched alkanes of at least 4 members (excludes halogenated alkanes) is 1. The van der Waals surface area contributed by atoms with Gasteiger partial charge in [-0.25, -0.2) is 4.79 Å². The van der Waals surface area contributed by atoms with E-state index in [1.807, 2.05) is 30.3 Å².